The molecule has 0 saturated heterocycles. The van der Waals surface area contributed by atoms with E-state index in [1.807, 2.05) is 18.2 Å². The number of aromatic nitrogens is 1. The van der Waals surface area contributed by atoms with E-state index in [4.69, 9.17) is 15.2 Å². The van der Waals surface area contributed by atoms with Crippen molar-refractivity contribution in [1.82, 2.24) is 9.29 Å². The number of pyridine rings is 1. The van der Waals surface area contributed by atoms with Gasteiger partial charge in [0.1, 0.15) is 11.5 Å². The van der Waals surface area contributed by atoms with Crippen LogP contribution < -0.4 is 15.2 Å². The summed E-state index contributed by atoms with van der Waals surface area (Å²) in [6, 6.07) is 16.1. The molecule has 3 N–H and O–H groups in total. The quantitative estimate of drug-likeness (QED) is 0.435. The number of sulfonamides is 1. The molecule has 3 aromatic rings. The normalized spacial score (nSPS) is 12.6. The topological polar surface area (TPSA) is 132 Å². The van der Waals surface area contributed by atoms with Gasteiger partial charge in [-0.15, -0.1) is 4.31 Å². The lowest BCUT2D eigenvalue weighted by atomic mass is 10.1. The number of rotatable bonds is 10. The minimum atomic E-state index is -4.33. The molecule has 1 amide bonds. The van der Waals surface area contributed by atoms with Gasteiger partial charge in [0.2, 0.25) is 16.3 Å². The van der Waals surface area contributed by atoms with Gasteiger partial charge in [-0.25, -0.2) is 8.42 Å². The maximum atomic E-state index is 13.1. The molecule has 0 aliphatic rings. The van der Waals surface area contributed by atoms with Crippen molar-refractivity contribution in [3.8, 4) is 11.5 Å². The van der Waals surface area contributed by atoms with E-state index in [-0.39, 0.29) is 4.90 Å². The maximum absolute atomic E-state index is 13.1. The van der Waals surface area contributed by atoms with Crippen molar-refractivity contribution in [2.75, 3.05) is 13.8 Å². The summed E-state index contributed by atoms with van der Waals surface area (Å²) in [4.78, 5) is 15.4. The second-order valence-electron chi connectivity index (χ2n) is 6.77. The highest BCUT2D eigenvalue weighted by Gasteiger charge is 2.34. The zero-order valence-corrected chi connectivity index (χ0v) is 18.6. The van der Waals surface area contributed by atoms with Gasteiger partial charge in [0.05, 0.1) is 12.0 Å². The molecule has 1 unspecified atom stereocenters. The number of carbonyl (C=O) groups is 1. The number of aliphatic hydroxyl groups is 1. The first-order chi connectivity index (χ1) is 15.8. The first kappa shape index (κ1) is 23.9. The lowest BCUT2D eigenvalue weighted by Crippen LogP contribution is -2.49. The van der Waals surface area contributed by atoms with Crippen LogP contribution in [0.15, 0.2) is 78.0 Å². The van der Waals surface area contributed by atoms with E-state index < -0.39 is 28.9 Å². The smallest absolute Gasteiger partial charge is 0.262 e. The number of benzene rings is 2. The summed E-state index contributed by atoms with van der Waals surface area (Å²) in [5.41, 5.74) is 6.75. The minimum Gasteiger partial charge on any atom is -0.497 e. The van der Waals surface area contributed by atoms with Crippen LogP contribution in [0.25, 0.3) is 12.2 Å². The Hall–Kier alpha value is -3.73. The molecule has 1 heterocycles. The fourth-order valence-corrected chi connectivity index (χ4v) is 4.15. The number of primary amides is 1. The van der Waals surface area contributed by atoms with E-state index in [9.17, 15) is 18.3 Å². The van der Waals surface area contributed by atoms with Crippen molar-refractivity contribution < 1.29 is 27.8 Å². The van der Waals surface area contributed by atoms with Crippen LogP contribution in [0.4, 0.5) is 0 Å². The highest BCUT2D eigenvalue weighted by atomic mass is 32.2. The highest BCUT2D eigenvalue weighted by Crippen LogP contribution is 2.24. The predicted molar refractivity (Wildman–Crippen MR) is 122 cm³/mol. The molecule has 1 aromatic heterocycles. The summed E-state index contributed by atoms with van der Waals surface area (Å²) in [5, 5.41) is 10.2. The molecule has 10 heteroatoms. The molecule has 9 nitrogen and oxygen atoms in total. The molecule has 0 aliphatic heterocycles. The third-order valence-corrected chi connectivity index (χ3v) is 6.41. The van der Waals surface area contributed by atoms with Crippen molar-refractivity contribution in [2.45, 2.75) is 11.1 Å². The number of hydrogen-bond acceptors (Lipinski definition) is 7. The van der Waals surface area contributed by atoms with E-state index in [0.29, 0.717) is 21.4 Å². The number of aliphatic hydroxyl groups excluding tert-OH is 1. The SMILES string of the molecule is COc1ccc(S(=O)(=O)N(COc2ccccc2/C=C/c2ccncc2)C(O)C(N)=O)cc1. The van der Waals surface area contributed by atoms with Crippen LogP contribution in [0.2, 0.25) is 0 Å². The Labute approximate surface area is 191 Å². The molecule has 33 heavy (non-hydrogen) atoms. The molecule has 0 spiro atoms. The van der Waals surface area contributed by atoms with Crippen LogP contribution in [-0.4, -0.2) is 48.8 Å². The van der Waals surface area contributed by atoms with Gasteiger partial charge in [0.25, 0.3) is 5.91 Å². The summed E-state index contributed by atoms with van der Waals surface area (Å²) >= 11 is 0. The number of amides is 1. The van der Waals surface area contributed by atoms with E-state index >= 15 is 0 Å². The highest BCUT2D eigenvalue weighted by molar-refractivity contribution is 7.89. The van der Waals surface area contributed by atoms with Gasteiger partial charge in [-0.2, -0.15) is 0 Å². The standard InChI is InChI=1S/C23H23N3O6S/c1-31-19-8-10-20(11-9-19)33(29,30)26(23(28)22(24)27)16-32-21-5-3-2-4-18(21)7-6-17-12-14-25-15-13-17/h2-15,23,28H,16H2,1H3,(H2,24,27)/b7-6+. The average molecular weight is 470 g/mol. The Balaban J connectivity index is 1.86. The van der Waals surface area contributed by atoms with Crippen LogP contribution in [0.3, 0.4) is 0 Å². The molecule has 0 radical (unpaired) electrons. The van der Waals surface area contributed by atoms with Gasteiger partial charge in [-0.05, 0) is 48.0 Å². The van der Waals surface area contributed by atoms with Crippen LogP contribution >= 0.6 is 0 Å². The van der Waals surface area contributed by atoms with Crippen molar-refractivity contribution in [1.29, 1.82) is 0 Å². The van der Waals surface area contributed by atoms with E-state index in [1.54, 1.807) is 42.7 Å². The monoisotopic (exact) mass is 469 g/mol. The molecule has 0 aliphatic carbocycles. The number of methoxy groups -OCH3 is 1. The average Bonchev–Trinajstić information content (AvgIpc) is 2.83. The summed E-state index contributed by atoms with van der Waals surface area (Å²) in [7, 11) is -2.89. The molecule has 0 saturated carbocycles. The zero-order chi connectivity index (χ0) is 23.8. The Morgan fingerprint density at radius 2 is 1.76 bits per heavy atom. The summed E-state index contributed by atoms with van der Waals surface area (Å²) in [6.45, 7) is -0.654. The first-order valence-corrected chi connectivity index (χ1v) is 11.2. The van der Waals surface area contributed by atoms with Crippen molar-refractivity contribution in [3.63, 3.8) is 0 Å². The molecule has 2 aromatic carbocycles. The second kappa shape index (κ2) is 10.7. The third-order valence-electron chi connectivity index (χ3n) is 4.62. The van der Waals surface area contributed by atoms with Crippen molar-refractivity contribution >= 4 is 28.1 Å². The lowest BCUT2D eigenvalue weighted by Gasteiger charge is -2.25. The maximum Gasteiger partial charge on any atom is 0.262 e. The van der Waals surface area contributed by atoms with E-state index in [1.165, 1.54) is 31.4 Å². The Morgan fingerprint density at radius 3 is 2.39 bits per heavy atom. The van der Waals surface area contributed by atoms with Crippen LogP contribution in [0.1, 0.15) is 11.1 Å². The van der Waals surface area contributed by atoms with Crippen LogP contribution in [0.5, 0.6) is 11.5 Å². The number of carbonyl (C=O) groups excluding carboxylic acids is 1. The van der Waals surface area contributed by atoms with Gasteiger partial charge in [-0.1, -0.05) is 30.4 Å². The van der Waals surface area contributed by atoms with Gasteiger partial charge < -0.3 is 20.3 Å². The number of hydrogen-bond donors (Lipinski definition) is 2. The Morgan fingerprint density at radius 1 is 1.09 bits per heavy atom. The molecular formula is C23H23N3O6S. The molecule has 0 fully saturated rings. The third kappa shape index (κ3) is 5.95. The number of nitrogens with zero attached hydrogens (tertiary/aromatic N) is 2. The summed E-state index contributed by atoms with van der Waals surface area (Å²) in [5.74, 6) is -0.446. The molecule has 0 bridgehead atoms. The Bertz CT molecular complexity index is 1210. The number of ether oxygens (including phenoxy) is 2. The number of para-hydroxylation sites is 1. The largest absolute Gasteiger partial charge is 0.497 e. The Kier molecular flexibility index (Phi) is 7.78. The van der Waals surface area contributed by atoms with E-state index in [2.05, 4.69) is 4.98 Å². The van der Waals surface area contributed by atoms with E-state index in [0.717, 1.165) is 5.56 Å². The molecular weight excluding hydrogens is 446 g/mol. The van der Waals surface area contributed by atoms with Gasteiger partial charge in [-0.3, -0.25) is 9.78 Å². The predicted octanol–water partition coefficient (Wildman–Crippen LogP) is 2.09. The fraction of sp³-hybridized carbons (Fsp3) is 0.130. The summed E-state index contributed by atoms with van der Waals surface area (Å²) < 4.78 is 37.4. The molecule has 3 rings (SSSR count). The molecule has 1 atom stereocenters. The van der Waals surface area contributed by atoms with Gasteiger partial charge in [0, 0.05) is 18.0 Å². The fourth-order valence-electron chi connectivity index (χ4n) is 2.84. The van der Waals surface area contributed by atoms with Crippen LogP contribution in [-0.2, 0) is 14.8 Å². The zero-order valence-electron chi connectivity index (χ0n) is 17.7. The minimum absolute atomic E-state index is 0.168. The first-order valence-electron chi connectivity index (χ1n) is 9.76. The summed E-state index contributed by atoms with van der Waals surface area (Å²) in [6.07, 6.45) is 4.83. The lowest BCUT2D eigenvalue weighted by molar-refractivity contribution is -0.133. The van der Waals surface area contributed by atoms with Gasteiger partial charge in [0.15, 0.2) is 6.73 Å². The van der Waals surface area contributed by atoms with Crippen molar-refractivity contribution in [2.24, 2.45) is 5.73 Å². The molecule has 172 valence electrons. The van der Waals surface area contributed by atoms with Crippen LogP contribution in [0, 0.1) is 0 Å². The second-order valence-corrected chi connectivity index (χ2v) is 8.66. The van der Waals surface area contributed by atoms with Crippen molar-refractivity contribution in [3.05, 3.63) is 84.2 Å². The number of nitrogens with two attached hydrogens (primary N) is 1. The van der Waals surface area contributed by atoms with Gasteiger partial charge >= 0.3 is 0 Å².